The molecule has 2 N–H and O–H groups in total. The predicted octanol–water partition coefficient (Wildman–Crippen LogP) is 6.13. The first-order valence-corrected chi connectivity index (χ1v) is 11.2. The summed E-state index contributed by atoms with van der Waals surface area (Å²) in [5.74, 6) is -0.122. The maximum absolute atomic E-state index is 13.7. The monoisotopic (exact) mass is 413 g/mol. The Morgan fingerprint density at radius 3 is 2.20 bits per heavy atom. The van der Waals surface area contributed by atoms with E-state index in [-0.39, 0.29) is 5.91 Å². The molecule has 0 bridgehead atoms. The first-order valence-electron chi connectivity index (χ1n) is 10.4. The van der Waals surface area contributed by atoms with E-state index in [1.165, 1.54) is 41.9 Å². The lowest BCUT2D eigenvalue weighted by molar-refractivity contribution is 0.100. The molecule has 2 aromatic carbocycles. The number of anilines is 3. The van der Waals surface area contributed by atoms with Crippen LogP contribution in [0.2, 0.25) is 0 Å². The number of hydrogen-bond acceptors (Lipinski definition) is 4. The van der Waals surface area contributed by atoms with Crippen molar-refractivity contribution < 1.29 is 4.79 Å². The van der Waals surface area contributed by atoms with E-state index in [4.69, 9.17) is 10.7 Å². The van der Waals surface area contributed by atoms with Gasteiger partial charge in [0.1, 0.15) is 9.71 Å². The molecule has 150 valence electrons. The van der Waals surface area contributed by atoms with Crippen molar-refractivity contribution in [3.63, 3.8) is 0 Å². The van der Waals surface area contributed by atoms with E-state index in [1.54, 1.807) is 4.90 Å². The molecule has 0 saturated heterocycles. The third-order valence-corrected chi connectivity index (χ3v) is 6.78. The van der Waals surface area contributed by atoms with E-state index < -0.39 is 0 Å². The van der Waals surface area contributed by atoms with Gasteiger partial charge in [0.05, 0.1) is 5.69 Å². The minimum atomic E-state index is -0.122. The van der Waals surface area contributed by atoms with Gasteiger partial charge in [-0.15, -0.1) is 11.3 Å². The second kappa shape index (κ2) is 7.92. The Morgan fingerprint density at radius 1 is 0.900 bits per heavy atom. The number of benzene rings is 2. The molecule has 4 aromatic rings. The quantitative estimate of drug-likeness (QED) is 0.411. The normalized spacial score (nSPS) is 13.6. The van der Waals surface area contributed by atoms with Gasteiger partial charge in [-0.2, -0.15) is 0 Å². The van der Waals surface area contributed by atoms with Crippen LogP contribution in [0.25, 0.3) is 10.2 Å². The molecule has 4 nitrogen and oxygen atoms in total. The zero-order valence-electron chi connectivity index (χ0n) is 16.7. The van der Waals surface area contributed by atoms with Crippen molar-refractivity contribution in [2.24, 2.45) is 0 Å². The third-order valence-electron chi connectivity index (χ3n) is 5.68. The number of rotatable bonds is 3. The van der Waals surface area contributed by atoms with Crippen LogP contribution >= 0.6 is 11.3 Å². The predicted molar refractivity (Wildman–Crippen MR) is 125 cm³/mol. The van der Waals surface area contributed by atoms with Gasteiger partial charge in [-0.25, -0.2) is 4.98 Å². The summed E-state index contributed by atoms with van der Waals surface area (Å²) in [5.41, 5.74) is 11.1. The van der Waals surface area contributed by atoms with Crippen molar-refractivity contribution >= 4 is 44.5 Å². The lowest BCUT2D eigenvalue weighted by Gasteiger charge is -2.22. The lowest BCUT2D eigenvalue weighted by atomic mass is 10.1. The van der Waals surface area contributed by atoms with Crippen LogP contribution in [0.4, 0.5) is 17.1 Å². The fourth-order valence-electron chi connectivity index (χ4n) is 4.13. The molecule has 0 spiro atoms. The zero-order chi connectivity index (χ0) is 20.5. The second-order valence-corrected chi connectivity index (χ2v) is 8.66. The summed E-state index contributed by atoms with van der Waals surface area (Å²) in [5, 5.41) is 0.907. The summed E-state index contributed by atoms with van der Waals surface area (Å²) in [7, 11) is 0. The average molecular weight is 414 g/mol. The molecule has 0 saturated carbocycles. The summed E-state index contributed by atoms with van der Waals surface area (Å²) in [4.78, 5) is 21.8. The Kier molecular flexibility index (Phi) is 4.97. The number of carbonyl (C=O) groups excluding carboxylic acids is 1. The molecule has 0 unspecified atom stereocenters. The number of aryl methyl sites for hydroxylation is 2. The number of para-hydroxylation sites is 2. The van der Waals surface area contributed by atoms with E-state index in [0.29, 0.717) is 10.6 Å². The number of nitrogen functional groups attached to an aromatic ring is 1. The maximum Gasteiger partial charge on any atom is 0.275 e. The average Bonchev–Trinajstić information content (AvgIpc) is 2.95. The Labute approximate surface area is 180 Å². The van der Waals surface area contributed by atoms with Gasteiger partial charge in [-0.1, -0.05) is 42.8 Å². The van der Waals surface area contributed by atoms with Crippen LogP contribution in [0.5, 0.6) is 0 Å². The maximum atomic E-state index is 13.7. The largest absolute Gasteiger partial charge is 0.397 e. The molecule has 2 heterocycles. The van der Waals surface area contributed by atoms with Gasteiger partial charge in [0.25, 0.3) is 5.91 Å². The molecule has 1 aliphatic carbocycles. The number of pyridine rings is 1. The van der Waals surface area contributed by atoms with Crippen molar-refractivity contribution in [1.29, 1.82) is 0 Å². The fraction of sp³-hybridized carbons (Fsp3) is 0.200. The second-order valence-electron chi connectivity index (χ2n) is 7.66. The Morgan fingerprint density at radius 2 is 1.53 bits per heavy atom. The highest BCUT2D eigenvalue weighted by Gasteiger charge is 2.26. The Bertz CT molecular complexity index is 1160. The van der Waals surface area contributed by atoms with Crippen molar-refractivity contribution in [3.8, 4) is 0 Å². The number of carbonyl (C=O) groups is 1. The van der Waals surface area contributed by atoms with Crippen LogP contribution in [-0.4, -0.2) is 10.9 Å². The molecule has 5 heteroatoms. The Balaban J connectivity index is 1.62. The van der Waals surface area contributed by atoms with E-state index in [1.807, 2.05) is 60.7 Å². The highest BCUT2D eigenvalue weighted by Crippen LogP contribution is 2.38. The van der Waals surface area contributed by atoms with Crippen molar-refractivity contribution in [2.45, 2.75) is 32.1 Å². The van der Waals surface area contributed by atoms with Crippen LogP contribution in [-0.2, 0) is 12.8 Å². The SMILES string of the molecule is Nc1c(C(=O)N(c2ccccc2)c2ccccc2)sc2nc3c(cc12)CCCCC3. The summed E-state index contributed by atoms with van der Waals surface area (Å²) >= 11 is 1.40. The molecule has 30 heavy (non-hydrogen) atoms. The number of nitrogens with two attached hydrogens (primary N) is 1. The summed E-state index contributed by atoms with van der Waals surface area (Å²) in [6.45, 7) is 0. The number of hydrogen-bond donors (Lipinski definition) is 1. The van der Waals surface area contributed by atoms with Crippen molar-refractivity contribution in [1.82, 2.24) is 4.98 Å². The van der Waals surface area contributed by atoms with Gasteiger partial charge in [-0.3, -0.25) is 9.69 Å². The number of thiophene rings is 1. The molecular weight excluding hydrogens is 390 g/mol. The molecule has 1 aliphatic rings. The van der Waals surface area contributed by atoms with Gasteiger partial charge in [0, 0.05) is 22.5 Å². The summed E-state index contributed by atoms with van der Waals surface area (Å²) in [6, 6.07) is 21.6. The minimum Gasteiger partial charge on any atom is -0.397 e. The van der Waals surface area contributed by atoms with Crippen LogP contribution in [0, 0.1) is 0 Å². The molecule has 2 aromatic heterocycles. The van der Waals surface area contributed by atoms with Gasteiger partial charge in [0.15, 0.2) is 0 Å². The van der Waals surface area contributed by atoms with Gasteiger partial charge in [0.2, 0.25) is 0 Å². The number of amides is 1. The zero-order valence-corrected chi connectivity index (χ0v) is 17.5. The highest BCUT2D eigenvalue weighted by molar-refractivity contribution is 7.21. The molecule has 0 aliphatic heterocycles. The third kappa shape index (κ3) is 3.35. The van der Waals surface area contributed by atoms with Crippen LogP contribution in [0.3, 0.4) is 0 Å². The first kappa shape index (κ1) is 18.8. The van der Waals surface area contributed by atoms with Crippen molar-refractivity contribution in [2.75, 3.05) is 10.6 Å². The topological polar surface area (TPSA) is 59.2 Å². The smallest absolute Gasteiger partial charge is 0.275 e. The minimum absolute atomic E-state index is 0.122. The highest BCUT2D eigenvalue weighted by atomic mass is 32.1. The van der Waals surface area contributed by atoms with E-state index in [9.17, 15) is 4.79 Å². The molecule has 0 radical (unpaired) electrons. The number of fused-ring (bicyclic) bond motifs is 2. The van der Waals surface area contributed by atoms with Gasteiger partial charge < -0.3 is 5.73 Å². The van der Waals surface area contributed by atoms with E-state index >= 15 is 0 Å². The van der Waals surface area contributed by atoms with Crippen LogP contribution in [0.15, 0.2) is 66.7 Å². The van der Waals surface area contributed by atoms with Gasteiger partial charge >= 0.3 is 0 Å². The van der Waals surface area contributed by atoms with Gasteiger partial charge in [-0.05, 0) is 61.6 Å². The number of aromatic nitrogens is 1. The number of nitrogens with zero attached hydrogens (tertiary/aromatic N) is 2. The standard InChI is InChI=1S/C25H23N3OS/c26-22-20-16-17-10-4-1-9-15-21(17)27-24(20)30-23(22)25(29)28(18-11-5-2-6-12-18)19-13-7-3-8-14-19/h2-3,5-8,11-14,16H,1,4,9-10,15,26H2. The van der Waals surface area contributed by atoms with Crippen LogP contribution in [0.1, 0.15) is 40.2 Å². The van der Waals surface area contributed by atoms with Crippen molar-refractivity contribution in [3.05, 3.63) is 82.9 Å². The molecular formula is C25H23N3OS. The molecule has 0 fully saturated rings. The van der Waals surface area contributed by atoms with Crippen LogP contribution < -0.4 is 10.6 Å². The molecule has 0 atom stereocenters. The molecule has 5 rings (SSSR count). The lowest BCUT2D eigenvalue weighted by Crippen LogP contribution is -2.25. The molecule has 1 amide bonds. The summed E-state index contributed by atoms with van der Waals surface area (Å²) < 4.78 is 0. The van der Waals surface area contributed by atoms with E-state index in [0.717, 1.165) is 34.4 Å². The first-order chi connectivity index (χ1) is 14.7. The Hall–Kier alpha value is -3.18. The summed E-state index contributed by atoms with van der Waals surface area (Å²) in [6.07, 6.45) is 5.65. The van der Waals surface area contributed by atoms with E-state index in [2.05, 4.69) is 6.07 Å². The fourth-order valence-corrected chi connectivity index (χ4v) is 5.16.